The first-order valence-corrected chi connectivity index (χ1v) is 17.2. The van der Waals surface area contributed by atoms with Crippen LogP contribution in [-0.4, -0.2) is 86.2 Å². The van der Waals surface area contributed by atoms with Gasteiger partial charge in [-0.3, -0.25) is 9.59 Å². The summed E-state index contributed by atoms with van der Waals surface area (Å²) in [6.45, 7) is 7.07. The molecule has 3 fully saturated rings. The molecule has 0 N–H and O–H groups in total. The second-order valence-corrected chi connectivity index (χ2v) is 13.2. The highest BCUT2D eigenvalue weighted by atomic mass is 16.9. The standard InChI is InChI=1S/C39H46O12/c1-25(40)45-32-30(23-42-20-27-14-8-5-9-15-27)47-37(35(34(32)46-26(2)41)44-22-29-18-12-7-13-19-29)49-33-31(24-43-21-28-16-10-6-11-17-28)48-38-36(33)50-39(3,4)51-38/h5-19,30-38H,20-24H2,1-4H3/t30-,31-,32-,33-,34+,35-,36-,37-,38?/m1/s1. The summed E-state index contributed by atoms with van der Waals surface area (Å²) in [7, 11) is 0. The summed E-state index contributed by atoms with van der Waals surface area (Å²) in [6.07, 6.45) is -8.07. The van der Waals surface area contributed by atoms with E-state index >= 15 is 0 Å². The van der Waals surface area contributed by atoms with Crippen molar-refractivity contribution in [2.24, 2.45) is 0 Å². The zero-order valence-corrected chi connectivity index (χ0v) is 29.3. The van der Waals surface area contributed by atoms with Crippen molar-refractivity contribution in [3.05, 3.63) is 108 Å². The maximum atomic E-state index is 12.6. The summed E-state index contributed by atoms with van der Waals surface area (Å²) in [5, 5.41) is 0. The van der Waals surface area contributed by atoms with Crippen LogP contribution >= 0.6 is 0 Å². The zero-order chi connectivity index (χ0) is 35.8. The fourth-order valence-electron chi connectivity index (χ4n) is 6.46. The Labute approximate surface area is 298 Å². The molecule has 12 nitrogen and oxygen atoms in total. The summed E-state index contributed by atoms with van der Waals surface area (Å²) in [6, 6.07) is 28.9. The third kappa shape index (κ3) is 10.00. The average Bonchev–Trinajstić information content (AvgIpc) is 3.57. The van der Waals surface area contributed by atoms with Gasteiger partial charge in [-0.05, 0) is 30.5 Å². The van der Waals surface area contributed by atoms with Crippen LogP contribution in [0.4, 0.5) is 0 Å². The molecule has 274 valence electrons. The number of ether oxygens (including phenoxy) is 10. The monoisotopic (exact) mass is 706 g/mol. The van der Waals surface area contributed by atoms with Gasteiger partial charge in [0.1, 0.15) is 30.5 Å². The van der Waals surface area contributed by atoms with Gasteiger partial charge < -0.3 is 47.4 Å². The quantitative estimate of drug-likeness (QED) is 0.201. The van der Waals surface area contributed by atoms with E-state index in [0.29, 0.717) is 6.61 Å². The molecule has 6 rings (SSSR count). The smallest absolute Gasteiger partial charge is 0.303 e. The van der Waals surface area contributed by atoms with Crippen LogP contribution in [0, 0.1) is 0 Å². The van der Waals surface area contributed by atoms with Crippen molar-refractivity contribution in [2.45, 2.75) is 109 Å². The minimum Gasteiger partial charge on any atom is -0.456 e. The molecule has 3 aromatic rings. The van der Waals surface area contributed by atoms with Crippen molar-refractivity contribution in [3.8, 4) is 0 Å². The normalized spacial score (nSPS) is 29.7. The second-order valence-electron chi connectivity index (χ2n) is 13.2. The third-order valence-corrected chi connectivity index (χ3v) is 8.65. The molecule has 0 spiro atoms. The van der Waals surface area contributed by atoms with E-state index in [-0.39, 0.29) is 26.4 Å². The van der Waals surface area contributed by atoms with Crippen molar-refractivity contribution >= 4 is 11.9 Å². The minimum atomic E-state index is -1.16. The Morgan fingerprint density at radius 2 is 1.10 bits per heavy atom. The molecule has 3 heterocycles. The van der Waals surface area contributed by atoms with Crippen molar-refractivity contribution in [2.75, 3.05) is 13.2 Å². The van der Waals surface area contributed by atoms with Crippen LogP contribution in [0.1, 0.15) is 44.4 Å². The molecule has 0 radical (unpaired) electrons. The number of carbonyl (C=O) groups excluding carboxylic acids is 2. The highest BCUT2D eigenvalue weighted by Gasteiger charge is 2.59. The summed E-state index contributed by atoms with van der Waals surface area (Å²) >= 11 is 0. The SMILES string of the molecule is CC(=O)O[C@@H]1[C@@H](OCc2ccccc2)[C@@H](O[C@@H]2[C@@H](COCc3ccccc3)OC3OC(C)(C)O[C@@H]32)O[C@H](COCc2ccccc2)[C@H]1OC(C)=O. The lowest BCUT2D eigenvalue weighted by atomic mass is 9.97. The molecule has 0 amide bonds. The third-order valence-electron chi connectivity index (χ3n) is 8.65. The van der Waals surface area contributed by atoms with Crippen molar-refractivity contribution in [1.29, 1.82) is 0 Å². The van der Waals surface area contributed by atoms with Crippen LogP contribution in [0.15, 0.2) is 91.0 Å². The first-order chi connectivity index (χ1) is 24.6. The maximum absolute atomic E-state index is 12.6. The molecular formula is C39H46O12. The molecule has 1 unspecified atom stereocenters. The molecule has 3 saturated heterocycles. The summed E-state index contributed by atoms with van der Waals surface area (Å²) in [4.78, 5) is 25.1. The van der Waals surface area contributed by atoms with Gasteiger partial charge in [-0.1, -0.05) is 91.0 Å². The number of hydrogen-bond donors (Lipinski definition) is 0. The van der Waals surface area contributed by atoms with E-state index in [4.69, 9.17) is 47.4 Å². The Bertz CT molecular complexity index is 1540. The number of fused-ring (bicyclic) bond motifs is 1. The predicted octanol–water partition coefficient (Wildman–Crippen LogP) is 4.86. The average molecular weight is 707 g/mol. The topological polar surface area (TPSA) is 126 Å². The fourth-order valence-corrected chi connectivity index (χ4v) is 6.46. The van der Waals surface area contributed by atoms with E-state index in [0.717, 1.165) is 16.7 Å². The van der Waals surface area contributed by atoms with Crippen molar-refractivity contribution in [3.63, 3.8) is 0 Å². The van der Waals surface area contributed by atoms with Gasteiger partial charge in [0.05, 0.1) is 33.0 Å². The molecule has 12 heteroatoms. The van der Waals surface area contributed by atoms with E-state index in [1.807, 2.05) is 91.0 Å². The minimum absolute atomic E-state index is 0.0145. The largest absolute Gasteiger partial charge is 0.456 e. The second kappa shape index (κ2) is 17.2. The van der Waals surface area contributed by atoms with E-state index < -0.39 is 73.0 Å². The van der Waals surface area contributed by atoms with Crippen LogP contribution in [0.5, 0.6) is 0 Å². The summed E-state index contributed by atoms with van der Waals surface area (Å²) in [5.41, 5.74) is 2.81. The van der Waals surface area contributed by atoms with Gasteiger partial charge in [0.25, 0.3) is 0 Å². The number of hydrogen-bond acceptors (Lipinski definition) is 12. The Hall–Kier alpha value is -3.72. The van der Waals surface area contributed by atoms with Gasteiger partial charge >= 0.3 is 11.9 Å². The van der Waals surface area contributed by atoms with E-state index in [9.17, 15) is 9.59 Å². The Kier molecular flexibility index (Phi) is 12.5. The van der Waals surface area contributed by atoms with Gasteiger partial charge in [0.15, 0.2) is 30.6 Å². The molecule has 9 atom stereocenters. The molecule has 3 aromatic carbocycles. The molecule has 0 aliphatic carbocycles. The van der Waals surface area contributed by atoms with E-state index in [1.54, 1.807) is 13.8 Å². The molecule has 3 aliphatic heterocycles. The molecule has 0 bridgehead atoms. The molecule has 0 saturated carbocycles. The number of benzene rings is 3. The lowest BCUT2D eigenvalue weighted by molar-refractivity contribution is -0.335. The highest BCUT2D eigenvalue weighted by molar-refractivity contribution is 5.67. The molecule has 51 heavy (non-hydrogen) atoms. The van der Waals surface area contributed by atoms with Gasteiger partial charge in [-0.2, -0.15) is 0 Å². The number of rotatable bonds is 15. The Balaban J connectivity index is 1.28. The first kappa shape index (κ1) is 37.1. The number of esters is 2. The van der Waals surface area contributed by atoms with Crippen LogP contribution < -0.4 is 0 Å². The van der Waals surface area contributed by atoms with Crippen molar-refractivity contribution in [1.82, 2.24) is 0 Å². The maximum Gasteiger partial charge on any atom is 0.303 e. The van der Waals surface area contributed by atoms with Gasteiger partial charge in [-0.15, -0.1) is 0 Å². The van der Waals surface area contributed by atoms with E-state index in [1.165, 1.54) is 13.8 Å². The van der Waals surface area contributed by atoms with Crippen LogP contribution in [0.25, 0.3) is 0 Å². The zero-order valence-electron chi connectivity index (χ0n) is 29.3. The molecule has 3 aliphatic rings. The van der Waals surface area contributed by atoms with Gasteiger partial charge in [0, 0.05) is 13.8 Å². The predicted molar refractivity (Wildman–Crippen MR) is 181 cm³/mol. The summed E-state index contributed by atoms with van der Waals surface area (Å²) < 4.78 is 62.4. The Morgan fingerprint density at radius 3 is 1.63 bits per heavy atom. The Morgan fingerprint density at radius 1 is 0.608 bits per heavy atom. The van der Waals surface area contributed by atoms with E-state index in [2.05, 4.69) is 0 Å². The van der Waals surface area contributed by atoms with Crippen LogP contribution in [-0.2, 0) is 76.8 Å². The molecular weight excluding hydrogens is 660 g/mol. The lowest BCUT2D eigenvalue weighted by Gasteiger charge is -2.45. The first-order valence-electron chi connectivity index (χ1n) is 17.2. The van der Waals surface area contributed by atoms with Crippen LogP contribution in [0.3, 0.4) is 0 Å². The number of carbonyl (C=O) groups is 2. The highest BCUT2D eigenvalue weighted by Crippen LogP contribution is 2.41. The fraction of sp³-hybridized carbons (Fsp3) is 0.487. The van der Waals surface area contributed by atoms with Crippen molar-refractivity contribution < 1.29 is 57.0 Å². The van der Waals surface area contributed by atoms with Gasteiger partial charge in [-0.25, -0.2) is 0 Å². The van der Waals surface area contributed by atoms with Crippen LogP contribution in [0.2, 0.25) is 0 Å². The lowest BCUT2D eigenvalue weighted by Crippen LogP contribution is -2.63. The van der Waals surface area contributed by atoms with Gasteiger partial charge in [0.2, 0.25) is 0 Å². The summed E-state index contributed by atoms with van der Waals surface area (Å²) in [5.74, 6) is -2.12. The molecule has 0 aromatic heterocycles.